The number of piperidine rings is 1. The Balaban J connectivity index is 2.58. The predicted molar refractivity (Wildman–Crippen MR) is 59.3 cm³/mol. The van der Waals surface area contributed by atoms with Crippen molar-refractivity contribution in [1.29, 1.82) is 0 Å². The summed E-state index contributed by atoms with van der Waals surface area (Å²) < 4.78 is 5.26. The van der Waals surface area contributed by atoms with Gasteiger partial charge >= 0.3 is 0 Å². The molecule has 0 radical (unpaired) electrons. The highest BCUT2D eigenvalue weighted by Gasteiger charge is 2.32. The molecule has 84 valence electrons. The summed E-state index contributed by atoms with van der Waals surface area (Å²) in [6.07, 6.45) is 2.64. The summed E-state index contributed by atoms with van der Waals surface area (Å²) in [5, 5.41) is 0. The van der Waals surface area contributed by atoms with Gasteiger partial charge in [-0.2, -0.15) is 0 Å². The Labute approximate surface area is 87.6 Å². The first-order valence-electron chi connectivity index (χ1n) is 5.56. The van der Waals surface area contributed by atoms with E-state index in [-0.39, 0.29) is 5.54 Å². The summed E-state index contributed by atoms with van der Waals surface area (Å²) >= 11 is 0. The summed E-state index contributed by atoms with van der Waals surface area (Å²) in [5.74, 6) is 0.798. The number of methoxy groups -OCH3 is 1. The van der Waals surface area contributed by atoms with Gasteiger partial charge in [-0.3, -0.25) is 4.90 Å². The molecule has 0 aromatic heterocycles. The molecule has 0 aromatic rings. The van der Waals surface area contributed by atoms with Gasteiger partial charge in [0.1, 0.15) is 0 Å². The van der Waals surface area contributed by atoms with Crippen LogP contribution in [0.2, 0.25) is 0 Å². The summed E-state index contributed by atoms with van der Waals surface area (Å²) in [7, 11) is 1.75. The summed E-state index contributed by atoms with van der Waals surface area (Å²) in [6, 6.07) is 0. The van der Waals surface area contributed by atoms with E-state index in [0.717, 1.165) is 19.1 Å². The first-order chi connectivity index (χ1) is 6.62. The normalized spacial score (nSPS) is 28.7. The van der Waals surface area contributed by atoms with Crippen molar-refractivity contribution in [1.82, 2.24) is 4.90 Å². The number of hydrogen-bond donors (Lipinski definition) is 1. The molecule has 3 heteroatoms. The number of hydrogen-bond acceptors (Lipinski definition) is 3. The van der Waals surface area contributed by atoms with Crippen LogP contribution in [0, 0.1) is 5.92 Å². The lowest BCUT2D eigenvalue weighted by Gasteiger charge is -2.44. The van der Waals surface area contributed by atoms with E-state index in [4.69, 9.17) is 10.5 Å². The lowest BCUT2D eigenvalue weighted by atomic mass is 9.93. The van der Waals surface area contributed by atoms with Crippen molar-refractivity contribution >= 4 is 0 Å². The summed E-state index contributed by atoms with van der Waals surface area (Å²) in [6.45, 7) is 8.26. The van der Waals surface area contributed by atoms with Gasteiger partial charge in [-0.25, -0.2) is 0 Å². The second kappa shape index (κ2) is 5.10. The van der Waals surface area contributed by atoms with Gasteiger partial charge in [0.2, 0.25) is 0 Å². The highest BCUT2D eigenvalue weighted by atomic mass is 16.5. The molecule has 2 N–H and O–H groups in total. The number of ether oxygens (including phenoxy) is 1. The molecule has 0 amide bonds. The highest BCUT2D eigenvalue weighted by molar-refractivity contribution is 4.89. The van der Waals surface area contributed by atoms with Crippen LogP contribution in [0.15, 0.2) is 0 Å². The number of nitrogens with two attached hydrogens (primary N) is 1. The van der Waals surface area contributed by atoms with Gasteiger partial charge in [-0.05, 0) is 32.2 Å². The van der Waals surface area contributed by atoms with E-state index >= 15 is 0 Å². The van der Waals surface area contributed by atoms with E-state index in [1.165, 1.54) is 19.4 Å². The third-order valence-electron chi connectivity index (χ3n) is 3.32. The van der Waals surface area contributed by atoms with Crippen molar-refractivity contribution in [3.8, 4) is 0 Å². The van der Waals surface area contributed by atoms with E-state index in [0.29, 0.717) is 6.54 Å². The van der Waals surface area contributed by atoms with Crippen LogP contribution >= 0.6 is 0 Å². The molecule has 1 aliphatic heterocycles. The van der Waals surface area contributed by atoms with Crippen LogP contribution in [-0.4, -0.2) is 43.8 Å². The minimum atomic E-state index is 0.0312. The standard InChI is InChI=1S/C11H24N2O/c1-10-5-4-6-13(7-10)11(2,8-12)9-14-3/h10H,4-9,12H2,1-3H3. The first-order valence-corrected chi connectivity index (χ1v) is 5.56. The average Bonchev–Trinajstić information content (AvgIpc) is 2.18. The van der Waals surface area contributed by atoms with Gasteiger partial charge in [0.25, 0.3) is 0 Å². The molecule has 1 fully saturated rings. The SMILES string of the molecule is COCC(C)(CN)N1CCCC(C)C1. The summed E-state index contributed by atoms with van der Waals surface area (Å²) in [4.78, 5) is 2.49. The molecular weight excluding hydrogens is 176 g/mol. The Morgan fingerprint density at radius 2 is 2.29 bits per heavy atom. The largest absolute Gasteiger partial charge is 0.383 e. The second-order valence-electron chi connectivity index (χ2n) is 4.83. The Hall–Kier alpha value is -0.120. The maximum absolute atomic E-state index is 5.85. The molecule has 0 bridgehead atoms. The van der Waals surface area contributed by atoms with E-state index in [2.05, 4.69) is 18.7 Å². The Bertz CT molecular complexity index is 175. The van der Waals surface area contributed by atoms with Gasteiger partial charge in [0.15, 0.2) is 0 Å². The number of nitrogens with zero attached hydrogens (tertiary/aromatic N) is 1. The lowest BCUT2D eigenvalue weighted by molar-refractivity contribution is 0.00386. The van der Waals surface area contributed by atoms with Crippen molar-refractivity contribution in [2.45, 2.75) is 32.2 Å². The van der Waals surface area contributed by atoms with E-state index in [9.17, 15) is 0 Å². The minimum absolute atomic E-state index is 0.0312. The smallest absolute Gasteiger partial charge is 0.0656 e. The van der Waals surface area contributed by atoms with Crippen molar-refractivity contribution in [3.05, 3.63) is 0 Å². The first kappa shape index (κ1) is 12.0. The molecule has 1 heterocycles. The van der Waals surface area contributed by atoms with E-state index in [1.807, 2.05) is 0 Å². The fraction of sp³-hybridized carbons (Fsp3) is 1.00. The Kier molecular flexibility index (Phi) is 4.35. The van der Waals surface area contributed by atoms with Crippen molar-refractivity contribution in [3.63, 3.8) is 0 Å². The zero-order valence-electron chi connectivity index (χ0n) is 9.75. The van der Waals surface area contributed by atoms with Gasteiger partial charge in [0.05, 0.1) is 12.1 Å². The maximum Gasteiger partial charge on any atom is 0.0656 e. The number of likely N-dealkylation sites (tertiary alicyclic amines) is 1. The van der Waals surface area contributed by atoms with E-state index in [1.54, 1.807) is 7.11 Å². The molecular formula is C11H24N2O. The Morgan fingerprint density at radius 1 is 1.57 bits per heavy atom. The van der Waals surface area contributed by atoms with Crippen LogP contribution in [0.1, 0.15) is 26.7 Å². The molecule has 1 rings (SSSR count). The molecule has 0 aromatic carbocycles. The van der Waals surface area contributed by atoms with Crippen LogP contribution in [0.4, 0.5) is 0 Å². The van der Waals surface area contributed by atoms with Gasteiger partial charge in [-0.15, -0.1) is 0 Å². The third kappa shape index (κ3) is 2.69. The number of rotatable bonds is 4. The van der Waals surface area contributed by atoms with Crippen molar-refractivity contribution in [2.24, 2.45) is 11.7 Å². The second-order valence-corrected chi connectivity index (χ2v) is 4.83. The van der Waals surface area contributed by atoms with Gasteiger partial charge in [-0.1, -0.05) is 6.92 Å². The van der Waals surface area contributed by atoms with Crippen LogP contribution in [0.3, 0.4) is 0 Å². The quantitative estimate of drug-likeness (QED) is 0.738. The molecule has 14 heavy (non-hydrogen) atoms. The molecule has 0 spiro atoms. The fourth-order valence-corrected chi connectivity index (χ4v) is 2.27. The average molecular weight is 200 g/mol. The Morgan fingerprint density at radius 3 is 2.79 bits per heavy atom. The van der Waals surface area contributed by atoms with Gasteiger partial charge < -0.3 is 10.5 Å². The van der Waals surface area contributed by atoms with Crippen LogP contribution in [-0.2, 0) is 4.74 Å². The molecule has 1 saturated heterocycles. The maximum atomic E-state index is 5.85. The molecule has 2 atom stereocenters. The lowest BCUT2D eigenvalue weighted by Crippen LogP contribution is -2.57. The monoisotopic (exact) mass is 200 g/mol. The third-order valence-corrected chi connectivity index (χ3v) is 3.32. The van der Waals surface area contributed by atoms with Crippen molar-refractivity contribution < 1.29 is 4.74 Å². The van der Waals surface area contributed by atoms with Crippen LogP contribution in [0.5, 0.6) is 0 Å². The molecule has 3 nitrogen and oxygen atoms in total. The van der Waals surface area contributed by atoms with Crippen LogP contribution < -0.4 is 5.73 Å². The molecule has 2 unspecified atom stereocenters. The zero-order chi connectivity index (χ0) is 10.6. The van der Waals surface area contributed by atoms with Gasteiger partial charge in [0, 0.05) is 20.2 Å². The minimum Gasteiger partial charge on any atom is -0.383 e. The van der Waals surface area contributed by atoms with Crippen LogP contribution in [0.25, 0.3) is 0 Å². The molecule has 0 aliphatic carbocycles. The topological polar surface area (TPSA) is 38.5 Å². The molecule has 0 saturated carbocycles. The highest BCUT2D eigenvalue weighted by Crippen LogP contribution is 2.23. The fourth-order valence-electron chi connectivity index (χ4n) is 2.27. The zero-order valence-corrected chi connectivity index (χ0v) is 9.75. The summed E-state index contributed by atoms with van der Waals surface area (Å²) in [5.41, 5.74) is 5.88. The molecule has 1 aliphatic rings. The predicted octanol–water partition coefficient (Wildman–Crippen LogP) is 1.08. The van der Waals surface area contributed by atoms with E-state index < -0.39 is 0 Å². The van der Waals surface area contributed by atoms with Crippen molar-refractivity contribution in [2.75, 3.05) is 33.4 Å².